The summed E-state index contributed by atoms with van der Waals surface area (Å²) in [5.74, 6) is -0.976. The zero-order chi connectivity index (χ0) is 14.0. The summed E-state index contributed by atoms with van der Waals surface area (Å²) in [7, 11) is 0. The average Bonchev–Trinajstić information content (AvgIpc) is 2.23. The maximum Gasteiger partial charge on any atom is 0.331 e. The number of hydrogen-bond donors (Lipinski definition) is 2. The Hall–Kier alpha value is -1.60. The van der Waals surface area contributed by atoms with Crippen molar-refractivity contribution in [2.45, 2.75) is 45.6 Å². The largest absolute Gasteiger partial charge is 0.478 e. The van der Waals surface area contributed by atoms with Crippen LogP contribution in [0, 0.1) is 16.7 Å². The molecule has 0 aromatic rings. The van der Waals surface area contributed by atoms with Crippen LogP contribution in [0.3, 0.4) is 0 Å². The van der Waals surface area contributed by atoms with Gasteiger partial charge >= 0.3 is 5.97 Å². The standard InChI is InChI=1S/C14H19NO3/c1-10(11(2)12(16)17)5-8-13(3,18)14(9-15)6-4-7-14/h5,8,18H,4,6-7H2,1-3H3,(H,16,17)/b8-5+,11-10-/t13-/m1/s1. The lowest BCUT2D eigenvalue weighted by Gasteiger charge is -2.45. The normalized spacial score (nSPS) is 22.6. The van der Waals surface area contributed by atoms with Crippen LogP contribution in [0.15, 0.2) is 23.3 Å². The molecule has 1 saturated carbocycles. The molecule has 0 aliphatic heterocycles. The molecule has 0 saturated heterocycles. The number of carbonyl (C=O) groups is 1. The Morgan fingerprint density at radius 1 is 1.44 bits per heavy atom. The third-order valence-corrected chi connectivity index (χ3v) is 3.96. The second-order valence-corrected chi connectivity index (χ2v) is 5.14. The summed E-state index contributed by atoms with van der Waals surface area (Å²) in [6.07, 6.45) is 5.43. The van der Waals surface area contributed by atoms with Gasteiger partial charge in [-0.2, -0.15) is 5.26 Å². The fourth-order valence-electron chi connectivity index (χ4n) is 2.00. The van der Waals surface area contributed by atoms with Gasteiger partial charge in [0.15, 0.2) is 0 Å². The molecule has 0 amide bonds. The molecule has 1 aliphatic carbocycles. The maximum absolute atomic E-state index is 10.8. The molecule has 0 spiro atoms. The van der Waals surface area contributed by atoms with E-state index in [1.807, 2.05) is 0 Å². The first kappa shape index (κ1) is 14.5. The summed E-state index contributed by atoms with van der Waals surface area (Å²) in [5, 5.41) is 28.4. The Morgan fingerprint density at radius 2 is 2.00 bits per heavy atom. The number of rotatable bonds is 4. The Bertz CT molecular complexity index is 448. The van der Waals surface area contributed by atoms with E-state index >= 15 is 0 Å². The minimum Gasteiger partial charge on any atom is -0.478 e. The molecular formula is C14H19NO3. The van der Waals surface area contributed by atoms with E-state index in [0.717, 1.165) is 6.42 Å². The van der Waals surface area contributed by atoms with E-state index in [2.05, 4.69) is 6.07 Å². The highest BCUT2D eigenvalue weighted by molar-refractivity contribution is 5.87. The van der Waals surface area contributed by atoms with Crippen LogP contribution in [0.25, 0.3) is 0 Å². The third kappa shape index (κ3) is 2.46. The highest BCUT2D eigenvalue weighted by Gasteiger charge is 2.50. The van der Waals surface area contributed by atoms with Crippen molar-refractivity contribution in [1.82, 2.24) is 0 Å². The molecule has 1 fully saturated rings. The number of aliphatic hydroxyl groups is 1. The van der Waals surface area contributed by atoms with Gasteiger partial charge in [-0.15, -0.1) is 0 Å². The predicted molar refractivity (Wildman–Crippen MR) is 67.7 cm³/mol. The van der Waals surface area contributed by atoms with Crippen molar-refractivity contribution in [1.29, 1.82) is 5.26 Å². The number of allylic oxidation sites excluding steroid dienone is 2. The first-order valence-electron chi connectivity index (χ1n) is 5.99. The van der Waals surface area contributed by atoms with Crippen LogP contribution < -0.4 is 0 Å². The monoisotopic (exact) mass is 249 g/mol. The fourth-order valence-corrected chi connectivity index (χ4v) is 2.00. The predicted octanol–water partition coefficient (Wildman–Crippen LogP) is 2.41. The van der Waals surface area contributed by atoms with Crippen LogP contribution in [0.2, 0.25) is 0 Å². The molecule has 0 unspecified atom stereocenters. The minimum absolute atomic E-state index is 0.238. The van der Waals surface area contributed by atoms with Gasteiger partial charge in [0.25, 0.3) is 0 Å². The lowest BCUT2D eigenvalue weighted by Crippen LogP contribution is -2.48. The highest BCUT2D eigenvalue weighted by atomic mass is 16.4. The molecule has 0 radical (unpaired) electrons. The van der Waals surface area contributed by atoms with Crippen LogP contribution in [-0.2, 0) is 4.79 Å². The van der Waals surface area contributed by atoms with Crippen LogP contribution in [0.5, 0.6) is 0 Å². The zero-order valence-electron chi connectivity index (χ0n) is 11.0. The summed E-state index contributed by atoms with van der Waals surface area (Å²) in [5.41, 5.74) is -1.13. The van der Waals surface area contributed by atoms with E-state index in [-0.39, 0.29) is 5.57 Å². The van der Waals surface area contributed by atoms with Gasteiger partial charge in [0.1, 0.15) is 0 Å². The maximum atomic E-state index is 10.8. The summed E-state index contributed by atoms with van der Waals surface area (Å²) in [6, 6.07) is 2.20. The van der Waals surface area contributed by atoms with E-state index in [9.17, 15) is 15.2 Å². The van der Waals surface area contributed by atoms with Crippen molar-refractivity contribution in [2.24, 2.45) is 5.41 Å². The molecular weight excluding hydrogens is 230 g/mol. The Morgan fingerprint density at radius 3 is 2.33 bits per heavy atom. The number of nitrogens with zero attached hydrogens (tertiary/aromatic N) is 1. The van der Waals surface area contributed by atoms with Gasteiger partial charge in [-0.1, -0.05) is 18.6 Å². The van der Waals surface area contributed by atoms with E-state index in [1.54, 1.807) is 19.9 Å². The molecule has 0 aromatic heterocycles. The third-order valence-electron chi connectivity index (χ3n) is 3.96. The number of hydrogen-bond acceptors (Lipinski definition) is 3. The van der Waals surface area contributed by atoms with Crippen LogP contribution in [-0.4, -0.2) is 21.8 Å². The van der Waals surface area contributed by atoms with Gasteiger partial charge in [0.2, 0.25) is 0 Å². The molecule has 1 rings (SSSR count). The molecule has 0 heterocycles. The van der Waals surface area contributed by atoms with Crippen LogP contribution in [0.4, 0.5) is 0 Å². The van der Waals surface area contributed by atoms with Gasteiger partial charge in [0, 0.05) is 5.57 Å². The van der Waals surface area contributed by atoms with Gasteiger partial charge in [-0.05, 0) is 39.2 Å². The molecule has 18 heavy (non-hydrogen) atoms. The zero-order valence-corrected chi connectivity index (χ0v) is 11.0. The summed E-state index contributed by atoms with van der Waals surface area (Å²) < 4.78 is 0. The Labute approximate surface area is 107 Å². The SMILES string of the molecule is CC(/C=C/[C@@](C)(O)C1(C#N)CCC1)=C(\C)C(=O)O. The van der Waals surface area contributed by atoms with E-state index in [1.165, 1.54) is 13.0 Å². The number of carboxylic acid groups (broad SMARTS) is 1. The minimum atomic E-state index is -1.22. The van der Waals surface area contributed by atoms with Gasteiger partial charge < -0.3 is 10.2 Å². The first-order valence-corrected chi connectivity index (χ1v) is 5.99. The molecule has 4 heteroatoms. The van der Waals surface area contributed by atoms with Crippen molar-refractivity contribution in [3.05, 3.63) is 23.3 Å². The molecule has 0 bridgehead atoms. The molecule has 1 atom stereocenters. The van der Waals surface area contributed by atoms with E-state index < -0.39 is 17.0 Å². The fraction of sp³-hybridized carbons (Fsp3) is 0.571. The second-order valence-electron chi connectivity index (χ2n) is 5.14. The topological polar surface area (TPSA) is 81.3 Å². The quantitative estimate of drug-likeness (QED) is 0.592. The Kier molecular flexibility index (Phi) is 3.98. The lowest BCUT2D eigenvalue weighted by molar-refractivity contribution is -0.132. The van der Waals surface area contributed by atoms with Gasteiger partial charge in [0.05, 0.1) is 17.1 Å². The summed E-state index contributed by atoms with van der Waals surface area (Å²) in [6.45, 7) is 4.80. The number of aliphatic carboxylic acids is 1. The van der Waals surface area contributed by atoms with Gasteiger partial charge in [-0.25, -0.2) is 4.79 Å². The van der Waals surface area contributed by atoms with Crippen LogP contribution >= 0.6 is 0 Å². The first-order chi connectivity index (χ1) is 8.26. The summed E-state index contributed by atoms with van der Waals surface area (Å²) >= 11 is 0. The van der Waals surface area contributed by atoms with Crippen molar-refractivity contribution >= 4 is 5.97 Å². The molecule has 0 aromatic carbocycles. The van der Waals surface area contributed by atoms with Crippen LogP contribution in [0.1, 0.15) is 40.0 Å². The highest BCUT2D eigenvalue weighted by Crippen LogP contribution is 2.49. The average molecular weight is 249 g/mol. The number of nitriles is 1. The van der Waals surface area contributed by atoms with Crippen molar-refractivity contribution in [3.63, 3.8) is 0 Å². The van der Waals surface area contributed by atoms with Crippen molar-refractivity contribution in [2.75, 3.05) is 0 Å². The molecule has 4 nitrogen and oxygen atoms in total. The smallest absolute Gasteiger partial charge is 0.331 e. The molecule has 1 aliphatic rings. The van der Waals surface area contributed by atoms with Crippen molar-refractivity contribution in [3.8, 4) is 6.07 Å². The number of carboxylic acids is 1. The molecule has 98 valence electrons. The van der Waals surface area contributed by atoms with E-state index in [4.69, 9.17) is 5.11 Å². The Balaban J connectivity index is 2.94. The summed E-state index contributed by atoms with van der Waals surface area (Å²) in [4.78, 5) is 10.8. The molecule has 2 N–H and O–H groups in total. The second kappa shape index (κ2) is 4.95. The van der Waals surface area contributed by atoms with Crippen molar-refractivity contribution < 1.29 is 15.0 Å². The van der Waals surface area contributed by atoms with Gasteiger partial charge in [-0.3, -0.25) is 0 Å². The lowest BCUT2D eigenvalue weighted by atomic mass is 9.60. The van der Waals surface area contributed by atoms with E-state index in [0.29, 0.717) is 18.4 Å².